The average molecular weight is 486 g/mol. The minimum atomic E-state index is -0.809. The number of ether oxygens (including phenoxy) is 3. The lowest BCUT2D eigenvalue weighted by Gasteiger charge is -2.25. The molecular weight excluding hydrogens is 458 g/mol. The lowest BCUT2D eigenvalue weighted by atomic mass is 9.95. The van der Waals surface area contributed by atoms with Crippen LogP contribution in [0.4, 0.5) is 0 Å². The van der Waals surface area contributed by atoms with Crippen molar-refractivity contribution >= 4 is 17.4 Å². The Bertz CT molecular complexity index is 1270. The molecule has 1 aliphatic heterocycles. The van der Waals surface area contributed by atoms with Gasteiger partial charge in [-0.15, -0.1) is 0 Å². The van der Waals surface area contributed by atoms with Crippen LogP contribution in [0.25, 0.3) is 5.76 Å². The monoisotopic (exact) mass is 485 g/mol. The number of hydrogen-bond donors (Lipinski definition) is 1. The summed E-state index contributed by atoms with van der Waals surface area (Å²) in [5.41, 5.74) is 1.03. The Balaban J connectivity index is 1.75. The number of rotatable bonds is 10. The molecule has 0 bridgehead atoms. The summed E-state index contributed by atoms with van der Waals surface area (Å²) in [5, 5.41) is 11.2. The summed E-state index contributed by atoms with van der Waals surface area (Å²) in [7, 11) is 1.52. The summed E-state index contributed by atoms with van der Waals surface area (Å²) in [5.74, 6) is 0.0766. The van der Waals surface area contributed by atoms with E-state index in [1.807, 2.05) is 30.3 Å². The predicted molar refractivity (Wildman–Crippen MR) is 136 cm³/mol. The number of carbonyl (C=O) groups is 2. The van der Waals surface area contributed by atoms with Gasteiger partial charge in [-0.3, -0.25) is 9.59 Å². The first-order valence-electron chi connectivity index (χ1n) is 11.5. The zero-order valence-corrected chi connectivity index (χ0v) is 19.9. The van der Waals surface area contributed by atoms with Crippen molar-refractivity contribution in [2.45, 2.75) is 6.04 Å². The van der Waals surface area contributed by atoms with Crippen LogP contribution in [-0.2, 0) is 14.3 Å². The molecule has 1 aliphatic rings. The molecular formula is C29H27NO6. The van der Waals surface area contributed by atoms with Crippen molar-refractivity contribution in [1.29, 1.82) is 0 Å². The van der Waals surface area contributed by atoms with E-state index >= 15 is 0 Å². The molecule has 0 aliphatic carbocycles. The summed E-state index contributed by atoms with van der Waals surface area (Å²) in [6.07, 6.45) is 1.63. The molecule has 1 fully saturated rings. The van der Waals surface area contributed by atoms with Crippen LogP contribution in [0.3, 0.4) is 0 Å². The van der Waals surface area contributed by atoms with Crippen LogP contribution in [0.2, 0.25) is 0 Å². The third-order valence-corrected chi connectivity index (χ3v) is 5.72. The Hall–Kier alpha value is -4.36. The number of likely N-dealkylation sites (tertiary alicyclic amines) is 1. The first-order chi connectivity index (χ1) is 17.5. The van der Waals surface area contributed by atoms with Gasteiger partial charge in [0.1, 0.15) is 29.6 Å². The van der Waals surface area contributed by atoms with E-state index in [2.05, 4.69) is 6.58 Å². The Morgan fingerprint density at radius 2 is 1.69 bits per heavy atom. The largest absolute Gasteiger partial charge is 0.507 e. The van der Waals surface area contributed by atoms with Gasteiger partial charge >= 0.3 is 0 Å². The summed E-state index contributed by atoms with van der Waals surface area (Å²) in [6.45, 7) is 4.38. The molecule has 0 saturated carbocycles. The molecule has 0 aromatic heterocycles. The molecule has 1 atom stereocenters. The Morgan fingerprint density at radius 3 is 2.39 bits per heavy atom. The molecule has 1 amide bonds. The van der Waals surface area contributed by atoms with Crippen LogP contribution in [-0.4, -0.2) is 48.6 Å². The molecule has 3 aromatic carbocycles. The number of aliphatic hydroxyl groups excluding tert-OH is 1. The third kappa shape index (κ3) is 5.31. The number of benzene rings is 3. The van der Waals surface area contributed by atoms with Gasteiger partial charge in [0.05, 0.1) is 18.2 Å². The number of carbonyl (C=O) groups excluding carboxylic acids is 2. The van der Waals surface area contributed by atoms with E-state index < -0.39 is 17.7 Å². The molecule has 1 heterocycles. The fraction of sp³-hybridized carbons (Fsp3) is 0.172. The van der Waals surface area contributed by atoms with Crippen molar-refractivity contribution in [3.63, 3.8) is 0 Å². The topological polar surface area (TPSA) is 85.3 Å². The number of amides is 1. The van der Waals surface area contributed by atoms with Gasteiger partial charge in [-0.1, -0.05) is 43.0 Å². The fourth-order valence-electron chi connectivity index (χ4n) is 4.04. The lowest BCUT2D eigenvalue weighted by molar-refractivity contribution is -0.140. The molecule has 7 nitrogen and oxygen atoms in total. The maximum Gasteiger partial charge on any atom is 0.295 e. The van der Waals surface area contributed by atoms with Crippen LogP contribution in [0.1, 0.15) is 17.2 Å². The molecule has 3 aromatic rings. The normalized spacial score (nSPS) is 16.7. The number of aliphatic hydroxyl groups is 1. The maximum absolute atomic E-state index is 13.1. The minimum Gasteiger partial charge on any atom is -0.507 e. The van der Waals surface area contributed by atoms with E-state index in [0.717, 1.165) is 0 Å². The summed E-state index contributed by atoms with van der Waals surface area (Å²) < 4.78 is 16.6. The third-order valence-electron chi connectivity index (χ3n) is 5.72. The standard InChI is InChI=1S/C29H27NO6/c1-3-17-35-22-14-12-20(13-15-22)27(31)25-26(30(16-18-34-2)29(33)28(25)32)21-8-7-11-24(19-21)36-23-9-5-4-6-10-23/h3-15,19,26,31H,1,16-18H2,2H3/b27-25+. The highest BCUT2D eigenvalue weighted by Gasteiger charge is 2.46. The zero-order chi connectivity index (χ0) is 25.5. The van der Waals surface area contributed by atoms with Crippen LogP contribution in [0.15, 0.2) is 97.1 Å². The summed E-state index contributed by atoms with van der Waals surface area (Å²) >= 11 is 0. The highest BCUT2D eigenvalue weighted by molar-refractivity contribution is 6.46. The minimum absolute atomic E-state index is 0.00715. The lowest BCUT2D eigenvalue weighted by Crippen LogP contribution is -2.32. The maximum atomic E-state index is 13.1. The van der Waals surface area contributed by atoms with Gasteiger partial charge in [0.25, 0.3) is 11.7 Å². The van der Waals surface area contributed by atoms with Crippen LogP contribution in [0.5, 0.6) is 17.2 Å². The van der Waals surface area contributed by atoms with Crippen molar-refractivity contribution < 1.29 is 28.9 Å². The van der Waals surface area contributed by atoms with Gasteiger partial charge in [0.15, 0.2) is 0 Å². The second-order valence-corrected chi connectivity index (χ2v) is 8.10. The number of para-hydroxylation sites is 1. The molecule has 1 saturated heterocycles. The van der Waals surface area contributed by atoms with Gasteiger partial charge < -0.3 is 24.2 Å². The Kier molecular flexibility index (Phi) is 7.82. The Morgan fingerprint density at radius 1 is 0.972 bits per heavy atom. The molecule has 1 N–H and O–H groups in total. The fourth-order valence-corrected chi connectivity index (χ4v) is 4.04. The number of nitrogens with zero attached hydrogens (tertiary/aromatic N) is 1. The Labute approximate surface area is 209 Å². The molecule has 7 heteroatoms. The molecule has 36 heavy (non-hydrogen) atoms. The van der Waals surface area contributed by atoms with Crippen LogP contribution in [0, 0.1) is 0 Å². The molecule has 1 unspecified atom stereocenters. The van der Waals surface area contributed by atoms with E-state index in [9.17, 15) is 14.7 Å². The van der Waals surface area contributed by atoms with Crippen molar-refractivity contribution in [3.8, 4) is 17.2 Å². The van der Waals surface area contributed by atoms with Gasteiger partial charge in [0, 0.05) is 19.2 Å². The number of hydrogen-bond acceptors (Lipinski definition) is 6. The van der Waals surface area contributed by atoms with E-state index in [1.54, 1.807) is 54.6 Å². The van der Waals surface area contributed by atoms with Crippen molar-refractivity contribution in [1.82, 2.24) is 4.90 Å². The van der Waals surface area contributed by atoms with Crippen LogP contribution >= 0.6 is 0 Å². The molecule has 184 valence electrons. The quantitative estimate of drug-likeness (QED) is 0.186. The second kappa shape index (κ2) is 11.4. The second-order valence-electron chi connectivity index (χ2n) is 8.10. The molecule has 4 rings (SSSR count). The molecule has 0 radical (unpaired) electrons. The van der Waals surface area contributed by atoms with E-state index in [0.29, 0.717) is 35.0 Å². The number of ketones is 1. The van der Waals surface area contributed by atoms with Crippen molar-refractivity contribution in [2.75, 3.05) is 26.9 Å². The van der Waals surface area contributed by atoms with Gasteiger partial charge in [-0.05, 0) is 54.1 Å². The predicted octanol–water partition coefficient (Wildman–Crippen LogP) is 5.11. The van der Waals surface area contributed by atoms with E-state index in [-0.39, 0.29) is 24.5 Å². The first-order valence-corrected chi connectivity index (χ1v) is 11.5. The average Bonchev–Trinajstić information content (AvgIpc) is 3.16. The first kappa shape index (κ1) is 24.8. The number of Topliss-reactive ketones (excluding diaryl/α,β-unsaturated/α-hetero) is 1. The van der Waals surface area contributed by atoms with Gasteiger partial charge in [0.2, 0.25) is 0 Å². The number of methoxy groups -OCH3 is 1. The van der Waals surface area contributed by atoms with Gasteiger partial charge in [-0.25, -0.2) is 0 Å². The summed E-state index contributed by atoms with van der Waals surface area (Å²) in [4.78, 5) is 27.6. The van der Waals surface area contributed by atoms with Gasteiger partial charge in [-0.2, -0.15) is 0 Å². The zero-order valence-electron chi connectivity index (χ0n) is 19.9. The summed E-state index contributed by atoms with van der Waals surface area (Å²) in [6, 6.07) is 22.3. The highest BCUT2D eigenvalue weighted by atomic mass is 16.5. The van der Waals surface area contributed by atoms with E-state index in [1.165, 1.54) is 12.0 Å². The van der Waals surface area contributed by atoms with Crippen molar-refractivity contribution in [2.24, 2.45) is 0 Å². The SMILES string of the molecule is C=CCOc1ccc(/C(O)=C2\C(=O)C(=O)N(CCOC)C2c2cccc(Oc3ccccc3)c2)cc1. The van der Waals surface area contributed by atoms with E-state index in [4.69, 9.17) is 14.2 Å². The smallest absolute Gasteiger partial charge is 0.295 e. The van der Waals surface area contributed by atoms with Crippen LogP contribution < -0.4 is 9.47 Å². The molecule has 0 spiro atoms. The highest BCUT2D eigenvalue weighted by Crippen LogP contribution is 2.40. The van der Waals surface area contributed by atoms with Crippen molar-refractivity contribution in [3.05, 3.63) is 108 Å².